The van der Waals surface area contributed by atoms with Gasteiger partial charge in [-0.15, -0.1) is 0 Å². The molecule has 0 saturated carbocycles. The van der Waals surface area contributed by atoms with Crippen LogP contribution in [0.25, 0.3) is 0 Å². The van der Waals surface area contributed by atoms with Crippen LogP contribution in [0.1, 0.15) is 24.4 Å². The lowest BCUT2D eigenvalue weighted by atomic mass is 9.99. The summed E-state index contributed by atoms with van der Waals surface area (Å²) >= 11 is 0. The Labute approximate surface area is 110 Å². The number of benzene rings is 1. The quantitative estimate of drug-likeness (QED) is 0.479. The average Bonchev–Trinajstić information content (AvgIpc) is 2.41. The zero-order valence-electron chi connectivity index (χ0n) is 10.5. The van der Waals surface area contributed by atoms with Crippen LogP contribution in [0, 0.1) is 10.1 Å². The van der Waals surface area contributed by atoms with E-state index in [1.165, 1.54) is 0 Å². The van der Waals surface area contributed by atoms with Gasteiger partial charge in [0, 0.05) is 5.56 Å². The molecule has 0 amide bonds. The summed E-state index contributed by atoms with van der Waals surface area (Å²) in [6, 6.07) is 8.11. The number of likely N-dealkylation sites (tertiary alicyclic amines) is 1. The van der Waals surface area contributed by atoms with Crippen molar-refractivity contribution in [3.05, 3.63) is 46.0 Å². The molecule has 1 aliphatic heterocycles. The van der Waals surface area contributed by atoms with E-state index in [0.717, 1.165) is 0 Å². The van der Waals surface area contributed by atoms with Crippen LogP contribution in [0.5, 0.6) is 0 Å². The fraction of sp³-hybridized carbons (Fsp3) is 0.538. The fourth-order valence-corrected chi connectivity index (χ4v) is 2.53. The minimum absolute atomic E-state index is 0.178. The van der Waals surface area contributed by atoms with Crippen LogP contribution in [0.4, 0.5) is 8.78 Å². The van der Waals surface area contributed by atoms with Gasteiger partial charge >= 0.3 is 0 Å². The molecule has 4 nitrogen and oxygen atoms in total. The molecule has 1 atom stereocenters. The first kappa shape index (κ1) is 14.0. The van der Waals surface area contributed by atoms with E-state index < -0.39 is 29.5 Å². The highest BCUT2D eigenvalue weighted by Gasteiger charge is 2.43. The number of nitrogens with zero attached hydrogens (tertiary/aromatic N) is 2. The van der Waals surface area contributed by atoms with E-state index in [-0.39, 0.29) is 19.6 Å². The van der Waals surface area contributed by atoms with Gasteiger partial charge in [-0.2, -0.15) is 4.91 Å². The highest BCUT2D eigenvalue weighted by atomic mass is 19.3. The summed E-state index contributed by atoms with van der Waals surface area (Å²) in [6.45, 7) is -0.538. The Balaban J connectivity index is 2.22. The van der Waals surface area contributed by atoms with Crippen LogP contribution >= 0.6 is 0 Å². The van der Waals surface area contributed by atoms with E-state index in [1.807, 2.05) is 0 Å². The number of quaternary nitrogens is 1. The van der Waals surface area contributed by atoms with Crippen LogP contribution in [0.15, 0.2) is 35.5 Å². The first-order valence-electron chi connectivity index (χ1n) is 6.26. The third kappa shape index (κ3) is 3.13. The normalized spacial score (nSPS) is 22.7. The maximum atomic E-state index is 13.2. The maximum Gasteiger partial charge on any atom is 0.258 e. The van der Waals surface area contributed by atoms with Crippen molar-refractivity contribution in [2.45, 2.75) is 24.8 Å². The molecule has 1 aliphatic rings. The third-order valence-electron chi connectivity index (χ3n) is 3.71. The number of hydroxylamine groups is 3. The molecule has 1 aromatic carbocycles. The van der Waals surface area contributed by atoms with E-state index in [9.17, 15) is 18.9 Å². The molecule has 1 aromatic rings. The molecule has 1 fully saturated rings. The van der Waals surface area contributed by atoms with Gasteiger partial charge in [-0.05, 0) is 0 Å². The van der Waals surface area contributed by atoms with Crippen LogP contribution in [-0.2, 0) is 0 Å². The predicted octanol–water partition coefficient (Wildman–Crippen LogP) is 3.24. The summed E-state index contributed by atoms with van der Waals surface area (Å²) in [7, 11) is 0. The molecule has 19 heavy (non-hydrogen) atoms. The van der Waals surface area contributed by atoms with Gasteiger partial charge in [0.15, 0.2) is 0 Å². The van der Waals surface area contributed by atoms with Crippen molar-refractivity contribution in [3.8, 4) is 0 Å². The van der Waals surface area contributed by atoms with Gasteiger partial charge in [0.05, 0.1) is 25.9 Å². The van der Waals surface area contributed by atoms with Crippen molar-refractivity contribution in [2.24, 2.45) is 5.18 Å². The smallest absolute Gasteiger partial charge is 0.258 e. The summed E-state index contributed by atoms with van der Waals surface area (Å²) in [4.78, 5) is 10.6. The van der Waals surface area contributed by atoms with Crippen LogP contribution < -0.4 is 0 Å². The topological polar surface area (TPSA) is 52.5 Å². The number of rotatable bonds is 4. The first-order valence-corrected chi connectivity index (χ1v) is 6.26. The highest BCUT2D eigenvalue weighted by molar-refractivity contribution is 5.18. The Hall–Kier alpha value is -1.40. The molecule has 6 heteroatoms. The lowest BCUT2D eigenvalue weighted by molar-refractivity contribution is -0.917. The minimum Gasteiger partial charge on any atom is -0.632 e. The van der Waals surface area contributed by atoms with E-state index in [0.29, 0.717) is 5.56 Å². The Morgan fingerprint density at radius 2 is 1.84 bits per heavy atom. The van der Waals surface area contributed by atoms with Gasteiger partial charge in [0.25, 0.3) is 5.92 Å². The van der Waals surface area contributed by atoms with Crippen molar-refractivity contribution in [2.75, 3.05) is 19.6 Å². The van der Waals surface area contributed by atoms with Crippen molar-refractivity contribution < 1.29 is 13.4 Å². The summed E-state index contributed by atoms with van der Waals surface area (Å²) in [5, 5.41) is 15.5. The molecule has 2 rings (SSSR count). The zero-order chi connectivity index (χ0) is 13.9. The molecule has 1 unspecified atom stereocenters. The Bertz CT molecular complexity index is 430. The fourth-order valence-electron chi connectivity index (χ4n) is 2.53. The van der Waals surface area contributed by atoms with Crippen LogP contribution in [0.3, 0.4) is 0 Å². The van der Waals surface area contributed by atoms with Crippen molar-refractivity contribution in [1.29, 1.82) is 0 Å². The van der Waals surface area contributed by atoms with Gasteiger partial charge in [-0.3, -0.25) is 0 Å². The summed E-state index contributed by atoms with van der Waals surface area (Å²) in [5.74, 6) is -2.76. The summed E-state index contributed by atoms with van der Waals surface area (Å²) in [6.07, 6.45) is -0.864. The zero-order valence-corrected chi connectivity index (χ0v) is 10.5. The van der Waals surface area contributed by atoms with Gasteiger partial charge in [0.1, 0.15) is 12.6 Å². The first-order chi connectivity index (χ1) is 8.97. The second-order valence-electron chi connectivity index (χ2n) is 4.99. The molecule has 0 spiro atoms. The van der Waals surface area contributed by atoms with Gasteiger partial charge in [0.2, 0.25) is 0 Å². The Morgan fingerprint density at radius 1 is 1.26 bits per heavy atom. The maximum absolute atomic E-state index is 13.2. The average molecular weight is 270 g/mol. The number of nitroso groups, excluding NO2 is 1. The third-order valence-corrected chi connectivity index (χ3v) is 3.71. The number of hydrogen-bond acceptors (Lipinski definition) is 3. The van der Waals surface area contributed by atoms with E-state index >= 15 is 0 Å². The molecular weight excluding hydrogens is 254 g/mol. The highest BCUT2D eigenvalue weighted by Crippen LogP contribution is 2.37. The Kier molecular flexibility index (Phi) is 3.91. The lowest BCUT2D eigenvalue weighted by Gasteiger charge is -2.51. The van der Waals surface area contributed by atoms with Crippen molar-refractivity contribution in [1.82, 2.24) is 0 Å². The second kappa shape index (κ2) is 5.30. The SMILES string of the molecule is O=NCC(c1ccccc1)[N+]1([O-])CCC(F)(F)CC1. The molecule has 0 aliphatic carbocycles. The van der Waals surface area contributed by atoms with Gasteiger partial charge < -0.3 is 9.85 Å². The van der Waals surface area contributed by atoms with Crippen LogP contribution in [0.2, 0.25) is 0 Å². The molecule has 0 bridgehead atoms. The minimum atomic E-state index is -2.76. The number of piperidine rings is 1. The van der Waals surface area contributed by atoms with Crippen molar-refractivity contribution in [3.63, 3.8) is 0 Å². The molecule has 0 aromatic heterocycles. The number of hydrogen-bond donors (Lipinski definition) is 0. The Morgan fingerprint density at radius 3 is 2.37 bits per heavy atom. The van der Waals surface area contributed by atoms with E-state index in [1.54, 1.807) is 30.3 Å². The molecule has 104 valence electrons. The predicted molar refractivity (Wildman–Crippen MR) is 67.4 cm³/mol. The molecule has 1 heterocycles. The standard InChI is InChI=1S/C13H16F2N2O2/c14-13(15)6-8-17(19,9-7-13)12(10-16-18)11-4-2-1-3-5-11/h1-5,12H,6-10H2. The summed E-state index contributed by atoms with van der Waals surface area (Å²) in [5.41, 5.74) is 0.683. The summed E-state index contributed by atoms with van der Waals surface area (Å²) < 4.78 is 25.5. The molecular formula is C13H16F2N2O2. The van der Waals surface area contributed by atoms with Gasteiger partial charge in [-0.25, -0.2) is 8.78 Å². The molecule has 0 radical (unpaired) electrons. The second-order valence-corrected chi connectivity index (χ2v) is 4.99. The van der Waals surface area contributed by atoms with E-state index in [4.69, 9.17) is 0 Å². The lowest BCUT2D eigenvalue weighted by Crippen LogP contribution is -2.54. The largest absolute Gasteiger partial charge is 0.632 e. The van der Waals surface area contributed by atoms with E-state index in [2.05, 4.69) is 5.18 Å². The van der Waals surface area contributed by atoms with Crippen LogP contribution in [-0.4, -0.2) is 30.2 Å². The van der Waals surface area contributed by atoms with Gasteiger partial charge in [-0.1, -0.05) is 35.5 Å². The molecule has 0 N–H and O–H groups in total. The van der Waals surface area contributed by atoms with Crippen molar-refractivity contribution >= 4 is 0 Å². The molecule has 1 saturated heterocycles. The number of halogens is 2. The number of alkyl halides is 2. The monoisotopic (exact) mass is 270 g/mol.